The van der Waals surface area contributed by atoms with Gasteiger partial charge < -0.3 is 14.2 Å². The maximum absolute atomic E-state index is 11.4. The molecule has 6 heteroatoms. The van der Waals surface area contributed by atoms with E-state index in [1.807, 2.05) is 0 Å². The van der Waals surface area contributed by atoms with Gasteiger partial charge in [-0.1, -0.05) is 6.58 Å². The Morgan fingerprint density at radius 1 is 1.25 bits per heavy atom. The number of carbonyl (C=O) groups is 1. The van der Waals surface area contributed by atoms with Crippen LogP contribution in [0.1, 0.15) is 13.8 Å². The zero-order valence-corrected chi connectivity index (χ0v) is 10.3. The molecule has 0 amide bonds. The van der Waals surface area contributed by atoms with Crippen LogP contribution in [-0.4, -0.2) is 39.5 Å². The Bertz CT molecular complexity index is 235. The topological polar surface area (TPSA) is 68.8 Å². The number of hydrogen-bond donors (Lipinski definition) is 2. The van der Waals surface area contributed by atoms with Crippen molar-refractivity contribution in [2.45, 2.75) is 19.8 Å². The maximum atomic E-state index is 11.4. The van der Waals surface area contributed by atoms with Crippen LogP contribution in [0.15, 0.2) is 12.2 Å². The third kappa shape index (κ3) is 5.82. The molecule has 0 aromatic carbocycles. The SMILES string of the molecule is C=C(C)C(=O)OC(C)(OCNC)OCNC. The summed E-state index contributed by atoms with van der Waals surface area (Å²) in [4.78, 5) is 11.4. The van der Waals surface area contributed by atoms with Crippen LogP contribution in [0.25, 0.3) is 0 Å². The Morgan fingerprint density at radius 3 is 2.00 bits per heavy atom. The molecule has 16 heavy (non-hydrogen) atoms. The van der Waals surface area contributed by atoms with Crippen molar-refractivity contribution < 1.29 is 19.0 Å². The summed E-state index contributed by atoms with van der Waals surface area (Å²) in [5.41, 5.74) is 0.285. The third-order valence-electron chi connectivity index (χ3n) is 1.58. The average molecular weight is 232 g/mol. The van der Waals surface area contributed by atoms with Crippen molar-refractivity contribution in [3.05, 3.63) is 12.2 Å². The van der Waals surface area contributed by atoms with E-state index in [0.717, 1.165) is 0 Å². The zero-order valence-electron chi connectivity index (χ0n) is 10.3. The molecule has 0 aromatic heterocycles. The van der Waals surface area contributed by atoms with Gasteiger partial charge in [0.1, 0.15) is 13.5 Å². The van der Waals surface area contributed by atoms with Crippen LogP contribution in [0.4, 0.5) is 0 Å². The molecule has 0 aliphatic carbocycles. The lowest BCUT2D eigenvalue weighted by Crippen LogP contribution is -2.42. The van der Waals surface area contributed by atoms with Crippen LogP contribution in [0.3, 0.4) is 0 Å². The Balaban J connectivity index is 4.38. The van der Waals surface area contributed by atoms with Gasteiger partial charge >= 0.3 is 11.9 Å². The molecule has 0 saturated heterocycles. The van der Waals surface area contributed by atoms with Crippen LogP contribution in [0, 0.1) is 0 Å². The van der Waals surface area contributed by atoms with Gasteiger partial charge in [-0.15, -0.1) is 0 Å². The van der Waals surface area contributed by atoms with Crippen molar-refractivity contribution in [1.29, 1.82) is 0 Å². The number of nitrogens with one attached hydrogen (secondary N) is 2. The summed E-state index contributed by atoms with van der Waals surface area (Å²) < 4.78 is 15.5. The molecule has 0 atom stereocenters. The van der Waals surface area contributed by atoms with Gasteiger partial charge in [-0.25, -0.2) is 4.79 Å². The second-order valence-corrected chi connectivity index (χ2v) is 3.32. The molecule has 0 aliphatic heterocycles. The molecule has 0 aromatic rings. The number of hydrogen-bond acceptors (Lipinski definition) is 6. The van der Waals surface area contributed by atoms with E-state index < -0.39 is 11.9 Å². The largest absolute Gasteiger partial charge is 0.405 e. The Kier molecular flexibility index (Phi) is 6.91. The first-order valence-electron chi connectivity index (χ1n) is 4.91. The second kappa shape index (κ2) is 7.34. The molecule has 0 unspecified atom stereocenters. The summed E-state index contributed by atoms with van der Waals surface area (Å²) in [6, 6.07) is 0. The summed E-state index contributed by atoms with van der Waals surface area (Å²) in [5, 5.41) is 5.53. The minimum atomic E-state index is -1.43. The predicted molar refractivity (Wildman–Crippen MR) is 59.3 cm³/mol. The number of ether oxygens (including phenoxy) is 3. The van der Waals surface area contributed by atoms with Gasteiger partial charge in [-0.3, -0.25) is 10.6 Å². The Hall–Kier alpha value is -0.950. The standard InChI is InChI=1S/C10H20N2O4/c1-8(2)9(13)16-10(3,14-6-11-4)15-7-12-5/h11-12H,1,6-7H2,2-5H3. The zero-order chi connectivity index (χ0) is 12.6. The van der Waals surface area contributed by atoms with Crippen LogP contribution in [0.2, 0.25) is 0 Å². The van der Waals surface area contributed by atoms with E-state index in [2.05, 4.69) is 17.2 Å². The van der Waals surface area contributed by atoms with Gasteiger partial charge in [-0.2, -0.15) is 0 Å². The summed E-state index contributed by atoms with van der Waals surface area (Å²) in [5.74, 6) is -1.99. The fourth-order valence-corrected chi connectivity index (χ4v) is 0.763. The summed E-state index contributed by atoms with van der Waals surface area (Å²) >= 11 is 0. The first-order chi connectivity index (χ1) is 7.45. The van der Waals surface area contributed by atoms with Crippen LogP contribution < -0.4 is 10.6 Å². The number of esters is 1. The molecule has 0 spiro atoms. The van der Waals surface area contributed by atoms with Gasteiger partial charge in [-0.05, 0) is 21.0 Å². The van der Waals surface area contributed by atoms with Gasteiger partial charge in [0.2, 0.25) is 0 Å². The summed E-state index contributed by atoms with van der Waals surface area (Å²) in [6.07, 6.45) is 0. The molecule has 0 rings (SSSR count). The highest BCUT2D eigenvalue weighted by Crippen LogP contribution is 2.15. The van der Waals surface area contributed by atoms with E-state index in [4.69, 9.17) is 14.2 Å². The van der Waals surface area contributed by atoms with Crippen molar-refractivity contribution in [3.8, 4) is 0 Å². The molecule has 0 bridgehead atoms. The molecule has 2 N–H and O–H groups in total. The Morgan fingerprint density at radius 2 is 1.69 bits per heavy atom. The molecule has 6 nitrogen and oxygen atoms in total. The first kappa shape index (κ1) is 15.0. The van der Waals surface area contributed by atoms with Crippen LogP contribution in [-0.2, 0) is 19.0 Å². The first-order valence-corrected chi connectivity index (χ1v) is 4.91. The highest BCUT2D eigenvalue weighted by molar-refractivity contribution is 5.87. The van der Waals surface area contributed by atoms with Crippen molar-refractivity contribution in [2.75, 3.05) is 27.6 Å². The minimum Gasteiger partial charge on any atom is -0.405 e. The number of rotatable bonds is 8. The van der Waals surface area contributed by atoms with Gasteiger partial charge in [0.15, 0.2) is 0 Å². The van der Waals surface area contributed by atoms with E-state index in [1.165, 1.54) is 6.92 Å². The molecule has 0 heterocycles. The van der Waals surface area contributed by atoms with Crippen molar-refractivity contribution in [2.24, 2.45) is 0 Å². The molecular weight excluding hydrogens is 212 g/mol. The maximum Gasteiger partial charge on any atom is 0.337 e. The fourth-order valence-electron chi connectivity index (χ4n) is 0.763. The highest BCUT2D eigenvalue weighted by Gasteiger charge is 2.31. The van der Waals surface area contributed by atoms with Crippen molar-refractivity contribution in [1.82, 2.24) is 10.6 Å². The third-order valence-corrected chi connectivity index (χ3v) is 1.58. The van der Waals surface area contributed by atoms with E-state index in [0.29, 0.717) is 0 Å². The summed E-state index contributed by atoms with van der Waals surface area (Å²) in [7, 11) is 3.41. The smallest absolute Gasteiger partial charge is 0.337 e. The second-order valence-electron chi connectivity index (χ2n) is 3.32. The van der Waals surface area contributed by atoms with Gasteiger partial charge in [0.05, 0.1) is 0 Å². The van der Waals surface area contributed by atoms with Crippen LogP contribution in [0.5, 0.6) is 0 Å². The molecule has 0 fully saturated rings. The predicted octanol–water partition coefficient (Wildman–Crippen LogP) is 0.166. The lowest BCUT2D eigenvalue weighted by atomic mass is 10.4. The van der Waals surface area contributed by atoms with E-state index in [1.54, 1.807) is 21.0 Å². The fraction of sp³-hybridized carbons (Fsp3) is 0.700. The molecule has 0 radical (unpaired) electrons. The highest BCUT2D eigenvalue weighted by atomic mass is 16.9. The quantitative estimate of drug-likeness (QED) is 0.353. The molecule has 94 valence electrons. The van der Waals surface area contributed by atoms with Gasteiger partial charge in [0.25, 0.3) is 0 Å². The van der Waals surface area contributed by atoms with Crippen molar-refractivity contribution >= 4 is 5.97 Å². The lowest BCUT2D eigenvalue weighted by molar-refractivity contribution is -0.354. The molecule has 0 saturated carbocycles. The Labute approximate surface area is 95.9 Å². The monoisotopic (exact) mass is 232 g/mol. The normalized spacial score (nSPS) is 11.2. The van der Waals surface area contributed by atoms with E-state index in [-0.39, 0.29) is 19.0 Å². The molecule has 0 aliphatic rings. The average Bonchev–Trinajstić information content (AvgIpc) is 2.23. The lowest BCUT2D eigenvalue weighted by Gasteiger charge is -2.28. The minimum absolute atomic E-state index is 0.198. The summed E-state index contributed by atoms with van der Waals surface area (Å²) in [6.45, 7) is 6.95. The van der Waals surface area contributed by atoms with Gasteiger partial charge in [0, 0.05) is 12.5 Å². The van der Waals surface area contributed by atoms with Crippen LogP contribution >= 0.6 is 0 Å². The van der Waals surface area contributed by atoms with E-state index >= 15 is 0 Å². The van der Waals surface area contributed by atoms with E-state index in [9.17, 15) is 4.79 Å². The van der Waals surface area contributed by atoms with Crippen molar-refractivity contribution in [3.63, 3.8) is 0 Å². The number of carbonyl (C=O) groups excluding carboxylic acids is 1. The molecular formula is C10H20N2O4.